The van der Waals surface area contributed by atoms with E-state index in [1.54, 1.807) is 35.2 Å². The maximum Gasteiger partial charge on any atom is 0.255 e. The molecule has 1 fully saturated rings. The first-order chi connectivity index (χ1) is 13.9. The highest BCUT2D eigenvalue weighted by Gasteiger charge is 2.24. The van der Waals surface area contributed by atoms with Gasteiger partial charge >= 0.3 is 0 Å². The molecule has 0 aromatic heterocycles. The number of hydrogen-bond donors (Lipinski definition) is 1. The predicted molar refractivity (Wildman–Crippen MR) is 117 cm³/mol. The largest absolute Gasteiger partial charge is 0.493 e. The molecule has 1 aliphatic rings. The van der Waals surface area contributed by atoms with Gasteiger partial charge in [0.1, 0.15) is 0 Å². The summed E-state index contributed by atoms with van der Waals surface area (Å²) in [6.45, 7) is 3.22. The summed E-state index contributed by atoms with van der Waals surface area (Å²) in [6, 6.07) is 8.44. The molecular formula is C21H22BrClN2O4. The van der Waals surface area contributed by atoms with Crippen LogP contribution in [0.1, 0.15) is 36.5 Å². The van der Waals surface area contributed by atoms with E-state index in [2.05, 4.69) is 21.2 Å². The van der Waals surface area contributed by atoms with Crippen molar-refractivity contribution in [2.24, 2.45) is 0 Å². The van der Waals surface area contributed by atoms with Crippen LogP contribution in [0.3, 0.4) is 0 Å². The second-order valence-electron chi connectivity index (χ2n) is 6.61. The molecule has 2 aromatic carbocycles. The van der Waals surface area contributed by atoms with Gasteiger partial charge in [0, 0.05) is 24.2 Å². The van der Waals surface area contributed by atoms with Crippen molar-refractivity contribution in [2.75, 3.05) is 30.5 Å². The van der Waals surface area contributed by atoms with Crippen LogP contribution in [0.15, 0.2) is 34.8 Å². The van der Waals surface area contributed by atoms with Crippen molar-refractivity contribution in [3.63, 3.8) is 0 Å². The molecule has 0 atom stereocenters. The summed E-state index contributed by atoms with van der Waals surface area (Å²) in [5.74, 6) is 0.783. The smallest absolute Gasteiger partial charge is 0.255 e. The fourth-order valence-corrected chi connectivity index (χ4v) is 3.94. The Labute approximate surface area is 183 Å². The van der Waals surface area contributed by atoms with Gasteiger partial charge in [-0.2, -0.15) is 0 Å². The number of halogens is 2. The van der Waals surface area contributed by atoms with E-state index in [9.17, 15) is 9.59 Å². The third-order valence-corrected chi connectivity index (χ3v) is 5.40. The topological polar surface area (TPSA) is 67.9 Å². The van der Waals surface area contributed by atoms with Gasteiger partial charge in [-0.3, -0.25) is 9.59 Å². The quantitative estimate of drug-likeness (QED) is 0.584. The number of ether oxygens (including phenoxy) is 2. The van der Waals surface area contributed by atoms with Crippen LogP contribution >= 0.6 is 27.5 Å². The molecule has 1 aliphatic heterocycles. The molecule has 0 unspecified atom stereocenters. The number of benzene rings is 2. The Kier molecular flexibility index (Phi) is 7.03. The molecule has 6 nitrogen and oxygen atoms in total. The van der Waals surface area contributed by atoms with Gasteiger partial charge in [0.15, 0.2) is 11.5 Å². The summed E-state index contributed by atoms with van der Waals surface area (Å²) in [6.07, 6.45) is 2.21. The first-order valence-corrected chi connectivity index (χ1v) is 10.5. The Balaban J connectivity index is 1.78. The Hall–Kier alpha value is -2.25. The van der Waals surface area contributed by atoms with Gasteiger partial charge in [0.25, 0.3) is 5.91 Å². The number of nitrogens with one attached hydrogen (secondary N) is 1. The molecule has 8 heteroatoms. The molecule has 1 N–H and O–H groups in total. The lowest BCUT2D eigenvalue weighted by Gasteiger charge is -2.18. The normalized spacial score (nSPS) is 13.5. The van der Waals surface area contributed by atoms with E-state index in [0.29, 0.717) is 57.5 Å². The molecule has 0 aliphatic carbocycles. The average molecular weight is 482 g/mol. The van der Waals surface area contributed by atoms with Crippen molar-refractivity contribution >= 4 is 50.7 Å². The number of carbonyl (C=O) groups is 2. The number of amides is 2. The summed E-state index contributed by atoms with van der Waals surface area (Å²) in [4.78, 5) is 26.3. The Morgan fingerprint density at radius 2 is 2.10 bits per heavy atom. The maximum atomic E-state index is 12.7. The molecule has 0 spiro atoms. The molecule has 0 radical (unpaired) electrons. The third-order valence-electron chi connectivity index (χ3n) is 4.51. The van der Waals surface area contributed by atoms with Crippen LogP contribution in [0.4, 0.5) is 11.4 Å². The molecule has 2 amide bonds. The first-order valence-electron chi connectivity index (χ1n) is 9.36. The van der Waals surface area contributed by atoms with Crippen LogP contribution in [0, 0.1) is 0 Å². The minimum Gasteiger partial charge on any atom is -0.493 e. The van der Waals surface area contributed by atoms with E-state index < -0.39 is 0 Å². The number of carbonyl (C=O) groups excluding carboxylic acids is 2. The van der Waals surface area contributed by atoms with Crippen molar-refractivity contribution < 1.29 is 19.1 Å². The molecule has 0 bridgehead atoms. The molecule has 3 rings (SSSR count). The molecular weight excluding hydrogens is 460 g/mol. The predicted octanol–water partition coefficient (Wildman–Crippen LogP) is 5.28. The fourth-order valence-electron chi connectivity index (χ4n) is 3.10. The molecule has 29 heavy (non-hydrogen) atoms. The van der Waals surface area contributed by atoms with Crippen molar-refractivity contribution in [1.82, 2.24) is 0 Å². The molecule has 2 aromatic rings. The van der Waals surface area contributed by atoms with Gasteiger partial charge in [-0.25, -0.2) is 0 Å². The lowest BCUT2D eigenvalue weighted by molar-refractivity contribution is -0.117. The average Bonchev–Trinajstić information content (AvgIpc) is 3.12. The van der Waals surface area contributed by atoms with Gasteiger partial charge in [0.05, 0.1) is 28.9 Å². The fraction of sp³-hybridized carbons (Fsp3) is 0.333. The lowest BCUT2D eigenvalue weighted by atomic mass is 10.1. The number of methoxy groups -OCH3 is 1. The van der Waals surface area contributed by atoms with E-state index in [1.807, 2.05) is 6.92 Å². The summed E-state index contributed by atoms with van der Waals surface area (Å²) in [5, 5.41) is 3.24. The zero-order chi connectivity index (χ0) is 21.0. The second kappa shape index (κ2) is 9.50. The summed E-state index contributed by atoms with van der Waals surface area (Å²) in [5.41, 5.74) is 1.61. The van der Waals surface area contributed by atoms with Gasteiger partial charge in [0.2, 0.25) is 5.91 Å². The van der Waals surface area contributed by atoms with Gasteiger partial charge in [-0.1, -0.05) is 18.5 Å². The minimum absolute atomic E-state index is 0.0611. The van der Waals surface area contributed by atoms with Crippen LogP contribution in [-0.4, -0.2) is 32.1 Å². The van der Waals surface area contributed by atoms with E-state index in [1.165, 1.54) is 7.11 Å². The molecule has 1 heterocycles. The van der Waals surface area contributed by atoms with Crippen LogP contribution in [0.2, 0.25) is 5.02 Å². The Bertz CT molecular complexity index is 935. The monoisotopic (exact) mass is 480 g/mol. The third kappa shape index (κ3) is 4.85. The SMILES string of the molecule is CCCOc1c(Br)cc(C(=O)Nc2ccc(N3CCCC3=O)c(Cl)c2)cc1OC. The number of nitrogens with zero attached hydrogens (tertiary/aromatic N) is 1. The summed E-state index contributed by atoms with van der Waals surface area (Å²) in [7, 11) is 1.53. The van der Waals surface area contributed by atoms with E-state index in [0.717, 1.165) is 12.8 Å². The van der Waals surface area contributed by atoms with Gasteiger partial charge in [-0.15, -0.1) is 0 Å². The minimum atomic E-state index is -0.313. The van der Waals surface area contributed by atoms with Gasteiger partial charge in [-0.05, 0) is 59.1 Å². The molecule has 154 valence electrons. The van der Waals surface area contributed by atoms with Crippen molar-refractivity contribution in [3.8, 4) is 11.5 Å². The highest BCUT2D eigenvalue weighted by Crippen LogP contribution is 2.37. The maximum absolute atomic E-state index is 12.7. The highest BCUT2D eigenvalue weighted by molar-refractivity contribution is 9.10. The number of hydrogen-bond acceptors (Lipinski definition) is 4. The standard InChI is InChI=1S/C21H22BrClN2O4/c1-3-9-29-20-15(22)10-13(11-18(20)28-2)21(27)24-14-6-7-17(16(23)12-14)25-8-4-5-19(25)26/h6-7,10-12H,3-5,8-9H2,1-2H3,(H,24,27). The Morgan fingerprint density at radius 3 is 2.72 bits per heavy atom. The van der Waals surface area contributed by atoms with Crippen molar-refractivity contribution in [2.45, 2.75) is 26.2 Å². The number of anilines is 2. The second-order valence-corrected chi connectivity index (χ2v) is 7.87. The van der Waals surface area contributed by atoms with E-state index in [-0.39, 0.29) is 11.8 Å². The van der Waals surface area contributed by atoms with Crippen LogP contribution in [0.25, 0.3) is 0 Å². The summed E-state index contributed by atoms with van der Waals surface area (Å²) >= 11 is 9.80. The van der Waals surface area contributed by atoms with E-state index in [4.69, 9.17) is 21.1 Å². The van der Waals surface area contributed by atoms with Crippen molar-refractivity contribution in [3.05, 3.63) is 45.4 Å². The first kappa shape index (κ1) is 21.5. The van der Waals surface area contributed by atoms with Gasteiger partial charge < -0.3 is 19.7 Å². The Morgan fingerprint density at radius 1 is 1.31 bits per heavy atom. The zero-order valence-electron chi connectivity index (χ0n) is 16.3. The highest BCUT2D eigenvalue weighted by atomic mass is 79.9. The van der Waals surface area contributed by atoms with Crippen LogP contribution < -0.4 is 19.7 Å². The molecule has 1 saturated heterocycles. The van der Waals surface area contributed by atoms with E-state index >= 15 is 0 Å². The van der Waals surface area contributed by atoms with Crippen LogP contribution in [-0.2, 0) is 4.79 Å². The summed E-state index contributed by atoms with van der Waals surface area (Å²) < 4.78 is 11.7. The zero-order valence-corrected chi connectivity index (χ0v) is 18.6. The molecule has 0 saturated carbocycles. The number of rotatable bonds is 7. The lowest BCUT2D eigenvalue weighted by Crippen LogP contribution is -2.24. The van der Waals surface area contributed by atoms with Crippen molar-refractivity contribution in [1.29, 1.82) is 0 Å². The van der Waals surface area contributed by atoms with Crippen LogP contribution in [0.5, 0.6) is 11.5 Å².